The fourth-order valence-electron chi connectivity index (χ4n) is 3.19. The van der Waals surface area contributed by atoms with Crippen LogP contribution in [-0.4, -0.2) is 56.1 Å². The molecule has 25 heavy (non-hydrogen) atoms. The molecule has 1 aliphatic rings. The lowest BCUT2D eigenvalue weighted by Gasteiger charge is -2.35. The van der Waals surface area contributed by atoms with Gasteiger partial charge in [0.1, 0.15) is 0 Å². The monoisotopic (exact) mass is 340 g/mol. The molecule has 1 aliphatic heterocycles. The average Bonchev–Trinajstić information content (AvgIpc) is 2.68. The maximum atomic E-state index is 12.5. The zero-order valence-electron chi connectivity index (χ0n) is 14.8. The van der Waals surface area contributed by atoms with Crippen molar-refractivity contribution in [2.45, 2.75) is 6.54 Å². The number of ether oxygens (including phenoxy) is 2. The lowest BCUT2D eigenvalue weighted by Crippen LogP contribution is -2.48. The highest BCUT2D eigenvalue weighted by molar-refractivity contribution is 5.94. The van der Waals surface area contributed by atoms with E-state index in [9.17, 15) is 4.79 Å². The Morgan fingerprint density at radius 1 is 0.920 bits per heavy atom. The van der Waals surface area contributed by atoms with E-state index < -0.39 is 0 Å². The summed E-state index contributed by atoms with van der Waals surface area (Å²) in [5.74, 6) is 1.64. The smallest absolute Gasteiger partial charge is 0.253 e. The standard InChI is InChI=1S/C20H24N2O3/c1-24-18-10-6-9-17(19(18)25-2)15-21-11-13-22(14-12-21)20(23)16-7-4-3-5-8-16/h3-10H,11-15H2,1-2H3. The number of amides is 1. The van der Waals surface area contributed by atoms with Crippen LogP contribution in [0.1, 0.15) is 15.9 Å². The van der Waals surface area contributed by atoms with E-state index in [0.717, 1.165) is 55.3 Å². The van der Waals surface area contributed by atoms with Crippen LogP contribution >= 0.6 is 0 Å². The van der Waals surface area contributed by atoms with Gasteiger partial charge in [-0.05, 0) is 18.2 Å². The molecular weight excluding hydrogens is 316 g/mol. The summed E-state index contributed by atoms with van der Waals surface area (Å²) in [6, 6.07) is 15.4. The normalized spacial score (nSPS) is 15.0. The van der Waals surface area contributed by atoms with Crippen LogP contribution in [0.4, 0.5) is 0 Å². The first-order valence-electron chi connectivity index (χ1n) is 8.49. The summed E-state index contributed by atoms with van der Waals surface area (Å²) in [4.78, 5) is 16.8. The van der Waals surface area contributed by atoms with Gasteiger partial charge in [-0.1, -0.05) is 30.3 Å². The third-order valence-corrected chi connectivity index (χ3v) is 4.56. The van der Waals surface area contributed by atoms with Crippen LogP contribution in [0.2, 0.25) is 0 Å². The van der Waals surface area contributed by atoms with Crippen molar-refractivity contribution < 1.29 is 14.3 Å². The molecule has 0 atom stereocenters. The van der Waals surface area contributed by atoms with Crippen molar-refractivity contribution in [1.82, 2.24) is 9.80 Å². The van der Waals surface area contributed by atoms with Crippen LogP contribution in [0.15, 0.2) is 48.5 Å². The van der Waals surface area contributed by atoms with Crippen LogP contribution in [0.5, 0.6) is 11.5 Å². The highest BCUT2D eigenvalue weighted by Gasteiger charge is 2.23. The van der Waals surface area contributed by atoms with Crippen molar-refractivity contribution in [2.24, 2.45) is 0 Å². The largest absolute Gasteiger partial charge is 0.493 e. The van der Waals surface area contributed by atoms with Crippen molar-refractivity contribution in [3.63, 3.8) is 0 Å². The van der Waals surface area contributed by atoms with E-state index in [4.69, 9.17) is 9.47 Å². The first-order valence-corrected chi connectivity index (χ1v) is 8.49. The Kier molecular flexibility index (Phi) is 5.56. The zero-order chi connectivity index (χ0) is 17.6. The highest BCUT2D eigenvalue weighted by Crippen LogP contribution is 2.31. The number of nitrogens with zero attached hydrogens (tertiary/aromatic N) is 2. The maximum absolute atomic E-state index is 12.5. The predicted molar refractivity (Wildman–Crippen MR) is 97.2 cm³/mol. The van der Waals surface area contributed by atoms with E-state index in [2.05, 4.69) is 11.0 Å². The summed E-state index contributed by atoms with van der Waals surface area (Å²) >= 11 is 0. The van der Waals surface area contributed by atoms with Crippen LogP contribution in [-0.2, 0) is 6.54 Å². The minimum absolute atomic E-state index is 0.110. The van der Waals surface area contributed by atoms with Gasteiger partial charge in [-0.2, -0.15) is 0 Å². The molecule has 1 saturated heterocycles. The van der Waals surface area contributed by atoms with Crippen LogP contribution < -0.4 is 9.47 Å². The van der Waals surface area contributed by atoms with Gasteiger partial charge in [0.25, 0.3) is 5.91 Å². The Labute approximate surface area is 148 Å². The minimum Gasteiger partial charge on any atom is -0.493 e. The molecule has 1 fully saturated rings. The second-order valence-corrected chi connectivity index (χ2v) is 6.09. The Morgan fingerprint density at radius 3 is 2.28 bits per heavy atom. The number of carbonyl (C=O) groups is 1. The van der Waals surface area contributed by atoms with Crippen LogP contribution in [0.25, 0.3) is 0 Å². The molecule has 1 heterocycles. The number of benzene rings is 2. The molecule has 0 bridgehead atoms. The summed E-state index contributed by atoms with van der Waals surface area (Å²) in [6.07, 6.45) is 0. The Morgan fingerprint density at radius 2 is 1.64 bits per heavy atom. The molecule has 0 radical (unpaired) electrons. The molecule has 132 valence electrons. The summed E-state index contributed by atoms with van der Waals surface area (Å²) in [7, 11) is 3.31. The van der Waals surface area contributed by atoms with E-state index in [-0.39, 0.29) is 5.91 Å². The molecule has 0 aliphatic carbocycles. The fraction of sp³-hybridized carbons (Fsp3) is 0.350. The van der Waals surface area contributed by atoms with Crippen molar-refractivity contribution in [3.05, 3.63) is 59.7 Å². The molecule has 0 aromatic heterocycles. The fourth-order valence-corrected chi connectivity index (χ4v) is 3.19. The van der Waals surface area contributed by atoms with Crippen molar-refractivity contribution in [1.29, 1.82) is 0 Å². The number of carbonyl (C=O) groups excluding carboxylic acids is 1. The first kappa shape index (κ1) is 17.3. The van der Waals surface area contributed by atoms with Gasteiger partial charge < -0.3 is 14.4 Å². The maximum Gasteiger partial charge on any atom is 0.253 e. The molecule has 0 saturated carbocycles. The summed E-state index contributed by atoms with van der Waals surface area (Å²) in [5.41, 5.74) is 1.86. The number of hydrogen-bond acceptors (Lipinski definition) is 4. The van der Waals surface area contributed by atoms with Gasteiger partial charge in [0.05, 0.1) is 14.2 Å². The van der Waals surface area contributed by atoms with E-state index in [1.807, 2.05) is 47.4 Å². The summed E-state index contributed by atoms with van der Waals surface area (Å²) < 4.78 is 10.9. The second kappa shape index (κ2) is 8.03. The third-order valence-electron chi connectivity index (χ3n) is 4.56. The number of rotatable bonds is 5. The number of methoxy groups -OCH3 is 2. The molecule has 0 N–H and O–H groups in total. The molecule has 5 heteroatoms. The predicted octanol–water partition coefficient (Wildman–Crippen LogP) is 2.66. The van der Waals surface area contributed by atoms with Gasteiger partial charge in [0.15, 0.2) is 11.5 Å². The molecule has 5 nitrogen and oxygen atoms in total. The lowest BCUT2D eigenvalue weighted by molar-refractivity contribution is 0.0627. The quantitative estimate of drug-likeness (QED) is 0.839. The Balaban J connectivity index is 1.61. The minimum atomic E-state index is 0.110. The van der Waals surface area contributed by atoms with E-state index in [1.165, 1.54) is 0 Å². The van der Waals surface area contributed by atoms with Gasteiger partial charge >= 0.3 is 0 Å². The van der Waals surface area contributed by atoms with Crippen molar-refractivity contribution in [3.8, 4) is 11.5 Å². The first-order chi connectivity index (χ1) is 12.2. The van der Waals surface area contributed by atoms with Gasteiger partial charge in [0, 0.05) is 43.9 Å². The number of hydrogen-bond donors (Lipinski definition) is 0. The number of piperazine rings is 1. The van der Waals surface area contributed by atoms with E-state index in [0.29, 0.717) is 0 Å². The van der Waals surface area contributed by atoms with Gasteiger partial charge in [0.2, 0.25) is 0 Å². The summed E-state index contributed by atoms with van der Waals surface area (Å²) in [5, 5.41) is 0. The van der Waals surface area contributed by atoms with E-state index in [1.54, 1.807) is 14.2 Å². The molecule has 0 unspecified atom stereocenters. The molecule has 0 spiro atoms. The zero-order valence-corrected chi connectivity index (χ0v) is 14.8. The second-order valence-electron chi connectivity index (χ2n) is 6.09. The molecular formula is C20H24N2O3. The average molecular weight is 340 g/mol. The van der Waals surface area contributed by atoms with Crippen LogP contribution in [0.3, 0.4) is 0 Å². The summed E-state index contributed by atoms with van der Waals surface area (Å²) in [6.45, 7) is 3.95. The van der Waals surface area contributed by atoms with Crippen molar-refractivity contribution in [2.75, 3.05) is 40.4 Å². The molecule has 3 rings (SSSR count). The van der Waals surface area contributed by atoms with Gasteiger partial charge in [-0.3, -0.25) is 9.69 Å². The van der Waals surface area contributed by atoms with Crippen molar-refractivity contribution >= 4 is 5.91 Å². The molecule has 2 aromatic carbocycles. The Bertz CT molecular complexity index is 710. The topological polar surface area (TPSA) is 42.0 Å². The molecule has 1 amide bonds. The van der Waals surface area contributed by atoms with Gasteiger partial charge in [-0.15, -0.1) is 0 Å². The highest BCUT2D eigenvalue weighted by atomic mass is 16.5. The van der Waals surface area contributed by atoms with E-state index >= 15 is 0 Å². The Hall–Kier alpha value is -2.53. The lowest BCUT2D eigenvalue weighted by atomic mass is 10.1. The third kappa shape index (κ3) is 3.94. The number of para-hydroxylation sites is 1. The SMILES string of the molecule is COc1cccc(CN2CCN(C(=O)c3ccccc3)CC2)c1OC. The van der Waals surface area contributed by atoms with Crippen LogP contribution in [0, 0.1) is 0 Å². The van der Waals surface area contributed by atoms with Gasteiger partial charge in [-0.25, -0.2) is 0 Å². The molecule has 2 aromatic rings.